The van der Waals surface area contributed by atoms with E-state index in [2.05, 4.69) is 27.4 Å². The lowest BCUT2D eigenvalue weighted by Crippen LogP contribution is -2.31. The van der Waals surface area contributed by atoms with E-state index in [1.54, 1.807) is 12.4 Å². The van der Waals surface area contributed by atoms with Crippen LogP contribution in [0.25, 0.3) is 0 Å². The Bertz CT molecular complexity index is 601. The molecule has 0 aliphatic heterocycles. The normalized spacial score (nSPS) is 10.1. The fourth-order valence-electron chi connectivity index (χ4n) is 2.12. The highest BCUT2D eigenvalue weighted by Gasteiger charge is 2.08. The predicted molar refractivity (Wildman–Crippen MR) is 90.3 cm³/mol. The molecule has 2 amide bonds. The zero-order valence-corrected chi connectivity index (χ0v) is 13.0. The number of benzene rings is 1. The van der Waals surface area contributed by atoms with Gasteiger partial charge in [-0.25, -0.2) is 4.79 Å². The summed E-state index contributed by atoms with van der Waals surface area (Å²) in [4.78, 5) is 18.1. The molecule has 0 atom stereocenters. The number of amides is 2. The number of carbonyl (C=O) groups excluding carboxylic acids is 1. The summed E-state index contributed by atoms with van der Waals surface area (Å²) in [5.41, 5.74) is 2.98. The number of pyridine rings is 1. The number of rotatable bonds is 6. The molecule has 0 unspecified atom stereocenters. The Morgan fingerprint density at radius 2 is 1.91 bits per heavy atom. The molecule has 0 fully saturated rings. The molecule has 2 N–H and O–H groups in total. The van der Waals surface area contributed by atoms with Gasteiger partial charge in [-0.05, 0) is 43.2 Å². The Labute approximate surface area is 131 Å². The van der Waals surface area contributed by atoms with Gasteiger partial charge in [0.2, 0.25) is 0 Å². The fourth-order valence-corrected chi connectivity index (χ4v) is 2.12. The quantitative estimate of drug-likeness (QED) is 0.862. The number of nitrogens with zero attached hydrogens (tertiary/aromatic N) is 2. The van der Waals surface area contributed by atoms with E-state index in [0.717, 1.165) is 29.9 Å². The van der Waals surface area contributed by atoms with Gasteiger partial charge < -0.3 is 15.5 Å². The van der Waals surface area contributed by atoms with Gasteiger partial charge in [0.25, 0.3) is 0 Å². The van der Waals surface area contributed by atoms with Crippen LogP contribution in [0.15, 0.2) is 48.8 Å². The lowest BCUT2D eigenvalue weighted by molar-refractivity contribution is 0.252. The minimum Gasteiger partial charge on any atom is -0.373 e. The first-order valence-electron chi connectivity index (χ1n) is 7.44. The first kappa shape index (κ1) is 15.8. The summed E-state index contributed by atoms with van der Waals surface area (Å²) in [5.74, 6) is 0. The Kier molecular flexibility index (Phi) is 5.77. The highest BCUT2D eigenvalue weighted by Crippen LogP contribution is 2.24. The van der Waals surface area contributed by atoms with Crippen LogP contribution in [0.4, 0.5) is 16.2 Å². The molecule has 2 aromatic rings. The van der Waals surface area contributed by atoms with Gasteiger partial charge in [0, 0.05) is 32.5 Å². The van der Waals surface area contributed by atoms with Gasteiger partial charge in [0.05, 0.1) is 11.4 Å². The molecule has 2 rings (SSSR count). The highest BCUT2D eigenvalue weighted by molar-refractivity contribution is 5.93. The minimum absolute atomic E-state index is 0.189. The van der Waals surface area contributed by atoms with Gasteiger partial charge in [0.1, 0.15) is 0 Å². The monoisotopic (exact) mass is 298 g/mol. The number of para-hydroxylation sites is 2. The SMILES string of the molecule is CCN(C)c1ccccc1NC(=O)NCCc1ccncc1. The second-order valence-electron chi connectivity index (χ2n) is 5.02. The van der Waals surface area contributed by atoms with Gasteiger partial charge in [-0.1, -0.05) is 12.1 Å². The molecule has 0 spiro atoms. The largest absolute Gasteiger partial charge is 0.373 e. The molecule has 0 aliphatic carbocycles. The average Bonchev–Trinajstić information content (AvgIpc) is 2.55. The lowest BCUT2D eigenvalue weighted by Gasteiger charge is -2.20. The van der Waals surface area contributed by atoms with E-state index in [4.69, 9.17) is 0 Å². The Balaban J connectivity index is 1.87. The van der Waals surface area contributed by atoms with Gasteiger partial charge in [-0.15, -0.1) is 0 Å². The van der Waals surface area contributed by atoms with Gasteiger partial charge in [0.15, 0.2) is 0 Å². The molecule has 0 saturated carbocycles. The summed E-state index contributed by atoms with van der Waals surface area (Å²) in [6, 6.07) is 11.5. The standard InChI is InChI=1S/C17H22N4O/c1-3-21(2)16-7-5-4-6-15(16)20-17(22)19-13-10-14-8-11-18-12-9-14/h4-9,11-12H,3,10,13H2,1-2H3,(H2,19,20,22). The Hall–Kier alpha value is -2.56. The van der Waals surface area contributed by atoms with Crippen molar-refractivity contribution in [3.05, 3.63) is 54.4 Å². The molecule has 0 radical (unpaired) electrons. The zero-order valence-electron chi connectivity index (χ0n) is 13.0. The van der Waals surface area contributed by atoms with Gasteiger partial charge in [-0.3, -0.25) is 4.98 Å². The Morgan fingerprint density at radius 3 is 2.64 bits per heavy atom. The van der Waals surface area contributed by atoms with E-state index in [1.807, 2.05) is 43.4 Å². The summed E-state index contributed by atoms with van der Waals surface area (Å²) in [5, 5.41) is 5.78. The van der Waals surface area contributed by atoms with Crippen molar-refractivity contribution in [2.75, 3.05) is 30.4 Å². The number of anilines is 2. The van der Waals surface area contributed by atoms with Crippen LogP contribution in [0.1, 0.15) is 12.5 Å². The maximum Gasteiger partial charge on any atom is 0.319 e. The molecule has 1 aromatic carbocycles. The molecule has 22 heavy (non-hydrogen) atoms. The number of hydrogen-bond acceptors (Lipinski definition) is 3. The van der Waals surface area contributed by atoms with E-state index in [9.17, 15) is 4.79 Å². The lowest BCUT2D eigenvalue weighted by atomic mass is 10.2. The maximum absolute atomic E-state index is 12.0. The molecule has 5 heteroatoms. The molecule has 0 bridgehead atoms. The molecular weight excluding hydrogens is 276 g/mol. The van der Waals surface area contributed by atoms with Crippen molar-refractivity contribution >= 4 is 17.4 Å². The number of aromatic nitrogens is 1. The molecular formula is C17H22N4O. The summed E-state index contributed by atoms with van der Waals surface area (Å²) in [7, 11) is 2.00. The number of urea groups is 1. The predicted octanol–water partition coefficient (Wildman–Crippen LogP) is 2.90. The van der Waals surface area contributed by atoms with E-state index in [-0.39, 0.29) is 6.03 Å². The number of nitrogens with one attached hydrogen (secondary N) is 2. The summed E-state index contributed by atoms with van der Waals surface area (Å²) >= 11 is 0. The minimum atomic E-state index is -0.189. The molecule has 1 aromatic heterocycles. The van der Waals surface area contributed by atoms with Crippen LogP contribution in [0, 0.1) is 0 Å². The van der Waals surface area contributed by atoms with Crippen molar-refractivity contribution < 1.29 is 4.79 Å². The van der Waals surface area contributed by atoms with Crippen LogP contribution in [0.5, 0.6) is 0 Å². The van der Waals surface area contributed by atoms with Crippen LogP contribution in [-0.2, 0) is 6.42 Å². The molecule has 1 heterocycles. The molecule has 0 saturated heterocycles. The Morgan fingerprint density at radius 1 is 1.18 bits per heavy atom. The van der Waals surface area contributed by atoms with Crippen molar-refractivity contribution in [2.45, 2.75) is 13.3 Å². The molecule has 5 nitrogen and oxygen atoms in total. The van der Waals surface area contributed by atoms with E-state index < -0.39 is 0 Å². The van der Waals surface area contributed by atoms with Crippen molar-refractivity contribution in [3.8, 4) is 0 Å². The van der Waals surface area contributed by atoms with Crippen LogP contribution >= 0.6 is 0 Å². The van der Waals surface area contributed by atoms with Crippen LogP contribution in [0.3, 0.4) is 0 Å². The smallest absolute Gasteiger partial charge is 0.319 e. The van der Waals surface area contributed by atoms with Gasteiger partial charge >= 0.3 is 6.03 Å². The second kappa shape index (κ2) is 8.02. The van der Waals surface area contributed by atoms with Crippen molar-refractivity contribution in [3.63, 3.8) is 0 Å². The summed E-state index contributed by atoms with van der Waals surface area (Å²) in [6.45, 7) is 3.54. The third-order valence-electron chi connectivity index (χ3n) is 3.49. The van der Waals surface area contributed by atoms with Crippen LogP contribution in [-0.4, -0.2) is 31.2 Å². The average molecular weight is 298 g/mol. The van der Waals surface area contributed by atoms with Crippen molar-refractivity contribution in [1.29, 1.82) is 0 Å². The maximum atomic E-state index is 12.0. The zero-order chi connectivity index (χ0) is 15.8. The van der Waals surface area contributed by atoms with Crippen molar-refractivity contribution in [2.24, 2.45) is 0 Å². The molecule has 0 aliphatic rings. The fraction of sp³-hybridized carbons (Fsp3) is 0.294. The topological polar surface area (TPSA) is 57.3 Å². The number of carbonyl (C=O) groups is 1. The first-order chi connectivity index (χ1) is 10.7. The summed E-state index contributed by atoms with van der Waals surface area (Å²) in [6.07, 6.45) is 4.30. The third kappa shape index (κ3) is 4.48. The van der Waals surface area contributed by atoms with E-state index in [1.165, 1.54) is 0 Å². The highest BCUT2D eigenvalue weighted by atomic mass is 16.2. The molecule has 116 valence electrons. The third-order valence-corrected chi connectivity index (χ3v) is 3.49. The first-order valence-corrected chi connectivity index (χ1v) is 7.44. The second-order valence-corrected chi connectivity index (χ2v) is 5.02. The summed E-state index contributed by atoms with van der Waals surface area (Å²) < 4.78 is 0. The van der Waals surface area contributed by atoms with Gasteiger partial charge in [-0.2, -0.15) is 0 Å². The van der Waals surface area contributed by atoms with Crippen LogP contribution < -0.4 is 15.5 Å². The van der Waals surface area contributed by atoms with Crippen molar-refractivity contribution in [1.82, 2.24) is 10.3 Å². The van der Waals surface area contributed by atoms with E-state index >= 15 is 0 Å². The van der Waals surface area contributed by atoms with E-state index in [0.29, 0.717) is 6.54 Å². The van der Waals surface area contributed by atoms with Crippen LogP contribution in [0.2, 0.25) is 0 Å². The number of hydrogen-bond donors (Lipinski definition) is 2.